The molecule has 0 amide bonds. The quantitative estimate of drug-likeness (QED) is 0.722. The van der Waals surface area contributed by atoms with E-state index in [1.807, 2.05) is 7.05 Å². The molecule has 0 aromatic heterocycles. The molecule has 0 bridgehead atoms. The fourth-order valence-corrected chi connectivity index (χ4v) is 2.05. The van der Waals surface area contributed by atoms with E-state index in [1.165, 1.54) is 38.8 Å². The molecule has 1 saturated heterocycles. The van der Waals surface area contributed by atoms with Crippen LogP contribution >= 0.6 is 0 Å². The molecule has 1 unspecified atom stereocenters. The van der Waals surface area contributed by atoms with E-state index in [9.17, 15) is 5.11 Å². The average molecular weight is 214 g/mol. The van der Waals surface area contributed by atoms with Crippen LogP contribution in [0.15, 0.2) is 0 Å². The molecule has 2 N–H and O–H groups in total. The summed E-state index contributed by atoms with van der Waals surface area (Å²) in [5, 5.41) is 12.5. The van der Waals surface area contributed by atoms with E-state index in [1.54, 1.807) is 0 Å². The van der Waals surface area contributed by atoms with Crippen LogP contribution in [-0.4, -0.2) is 48.8 Å². The molecular formula is C12H26N2O. The van der Waals surface area contributed by atoms with Crippen molar-refractivity contribution in [1.29, 1.82) is 0 Å². The van der Waals surface area contributed by atoms with Gasteiger partial charge in [-0.1, -0.05) is 12.8 Å². The minimum absolute atomic E-state index is 0.105. The van der Waals surface area contributed by atoms with Gasteiger partial charge in [-0.05, 0) is 52.9 Å². The standard InChI is InChI=1S/C12H26N2O/c1-12(11-15,13-2)7-10-14-8-5-3-4-6-9-14/h13,15H,3-11H2,1-2H3. The van der Waals surface area contributed by atoms with Crippen molar-refractivity contribution in [3.63, 3.8) is 0 Å². The van der Waals surface area contributed by atoms with Crippen molar-refractivity contribution in [1.82, 2.24) is 10.2 Å². The van der Waals surface area contributed by atoms with Crippen LogP contribution in [0.4, 0.5) is 0 Å². The summed E-state index contributed by atoms with van der Waals surface area (Å²) in [4.78, 5) is 2.54. The van der Waals surface area contributed by atoms with Gasteiger partial charge in [-0.3, -0.25) is 0 Å². The lowest BCUT2D eigenvalue weighted by molar-refractivity contribution is 0.153. The highest BCUT2D eigenvalue weighted by Crippen LogP contribution is 2.13. The number of nitrogens with one attached hydrogen (secondary N) is 1. The second-order valence-electron chi connectivity index (χ2n) is 4.97. The first-order valence-electron chi connectivity index (χ1n) is 6.22. The zero-order valence-corrected chi connectivity index (χ0v) is 10.3. The molecule has 0 aliphatic carbocycles. The van der Waals surface area contributed by atoms with Crippen molar-refractivity contribution in [3.05, 3.63) is 0 Å². The Kier molecular flexibility index (Phi) is 5.58. The molecule has 3 heteroatoms. The molecule has 1 rings (SSSR count). The first-order valence-corrected chi connectivity index (χ1v) is 6.22. The summed E-state index contributed by atoms with van der Waals surface area (Å²) in [6.45, 7) is 5.90. The summed E-state index contributed by atoms with van der Waals surface area (Å²) in [5.74, 6) is 0. The second kappa shape index (κ2) is 6.46. The maximum Gasteiger partial charge on any atom is 0.0610 e. The van der Waals surface area contributed by atoms with Crippen molar-refractivity contribution in [2.24, 2.45) is 0 Å². The fourth-order valence-electron chi connectivity index (χ4n) is 2.05. The van der Waals surface area contributed by atoms with E-state index in [0.717, 1.165) is 13.0 Å². The van der Waals surface area contributed by atoms with E-state index in [0.29, 0.717) is 0 Å². The number of hydrogen-bond acceptors (Lipinski definition) is 3. The highest BCUT2D eigenvalue weighted by molar-refractivity contribution is 4.82. The third kappa shape index (κ3) is 4.49. The van der Waals surface area contributed by atoms with Crippen LogP contribution in [0.2, 0.25) is 0 Å². The summed E-state index contributed by atoms with van der Waals surface area (Å²) in [6, 6.07) is 0. The molecule has 0 saturated carbocycles. The number of aliphatic hydroxyl groups excluding tert-OH is 1. The maximum absolute atomic E-state index is 9.29. The van der Waals surface area contributed by atoms with Gasteiger partial charge in [0.15, 0.2) is 0 Å². The Bertz CT molecular complexity index is 161. The van der Waals surface area contributed by atoms with Crippen LogP contribution < -0.4 is 5.32 Å². The van der Waals surface area contributed by atoms with Crippen LogP contribution in [0.5, 0.6) is 0 Å². The molecule has 3 nitrogen and oxygen atoms in total. The lowest BCUT2D eigenvalue weighted by atomic mass is 9.99. The van der Waals surface area contributed by atoms with Crippen LogP contribution in [0.25, 0.3) is 0 Å². The van der Waals surface area contributed by atoms with Gasteiger partial charge in [0.05, 0.1) is 6.61 Å². The van der Waals surface area contributed by atoms with Gasteiger partial charge in [0.25, 0.3) is 0 Å². The summed E-state index contributed by atoms with van der Waals surface area (Å²) >= 11 is 0. The third-order valence-electron chi connectivity index (χ3n) is 3.63. The monoisotopic (exact) mass is 214 g/mol. The molecular weight excluding hydrogens is 188 g/mol. The van der Waals surface area contributed by atoms with E-state index >= 15 is 0 Å². The molecule has 0 spiro atoms. The molecule has 1 heterocycles. The topological polar surface area (TPSA) is 35.5 Å². The smallest absolute Gasteiger partial charge is 0.0610 e. The number of hydrogen-bond donors (Lipinski definition) is 2. The lowest BCUT2D eigenvalue weighted by Crippen LogP contribution is -2.46. The number of likely N-dealkylation sites (tertiary alicyclic amines) is 1. The number of nitrogens with zero attached hydrogens (tertiary/aromatic N) is 1. The van der Waals surface area contributed by atoms with Crippen molar-refractivity contribution < 1.29 is 5.11 Å². The Balaban J connectivity index is 2.27. The van der Waals surface area contributed by atoms with Crippen molar-refractivity contribution in [3.8, 4) is 0 Å². The highest BCUT2D eigenvalue weighted by Gasteiger charge is 2.21. The van der Waals surface area contributed by atoms with Crippen molar-refractivity contribution >= 4 is 0 Å². The molecule has 15 heavy (non-hydrogen) atoms. The maximum atomic E-state index is 9.29. The summed E-state index contributed by atoms with van der Waals surface area (Å²) < 4.78 is 0. The highest BCUT2D eigenvalue weighted by atomic mass is 16.3. The molecule has 0 radical (unpaired) electrons. The molecule has 90 valence electrons. The Hall–Kier alpha value is -0.120. The fraction of sp³-hybridized carbons (Fsp3) is 1.00. The van der Waals surface area contributed by atoms with Gasteiger partial charge < -0.3 is 15.3 Å². The Morgan fingerprint density at radius 1 is 1.20 bits per heavy atom. The molecule has 1 fully saturated rings. The molecule has 0 aromatic carbocycles. The third-order valence-corrected chi connectivity index (χ3v) is 3.63. The minimum atomic E-state index is -0.105. The normalized spacial score (nSPS) is 23.4. The molecule has 1 aliphatic heterocycles. The summed E-state index contributed by atoms with van der Waals surface area (Å²) in [7, 11) is 1.93. The van der Waals surface area contributed by atoms with Gasteiger partial charge in [-0.2, -0.15) is 0 Å². The van der Waals surface area contributed by atoms with E-state index in [2.05, 4.69) is 17.1 Å². The predicted molar refractivity (Wildman–Crippen MR) is 64.1 cm³/mol. The van der Waals surface area contributed by atoms with Gasteiger partial charge in [0.2, 0.25) is 0 Å². The largest absolute Gasteiger partial charge is 0.394 e. The Labute approximate surface area is 93.9 Å². The van der Waals surface area contributed by atoms with Crippen molar-refractivity contribution in [2.45, 2.75) is 44.6 Å². The summed E-state index contributed by atoms with van der Waals surface area (Å²) in [5.41, 5.74) is -0.105. The van der Waals surface area contributed by atoms with Gasteiger partial charge in [-0.25, -0.2) is 0 Å². The van der Waals surface area contributed by atoms with E-state index in [4.69, 9.17) is 0 Å². The van der Waals surface area contributed by atoms with Gasteiger partial charge >= 0.3 is 0 Å². The van der Waals surface area contributed by atoms with E-state index < -0.39 is 0 Å². The van der Waals surface area contributed by atoms with Gasteiger partial charge in [-0.15, -0.1) is 0 Å². The number of aliphatic hydroxyl groups is 1. The zero-order valence-electron chi connectivity index (χ0n) is 10.3. The SMILES string of the molecule is CNC(C)(CO)CCN1CCCCCC1. The number of rotatable bonds is 5. The first kappa shape index (κ1) is 12.9. The molecule has 1 aliphatic rings. The van der Waals surface area contributed by atoms with E-state index in [-0.39, 0.29) is 12.1 Å². The van der Waals surface area contributed by atoms with Crippen LogP contribution in [0.1, 0.15) is 39.0 Å². The molecule has 0 aromatic rings. The van der Waals surface area contributed by atoms with Gasteiger partial charge in [0.1, 0.15) is 0 Å². The second-order valence-corrected chi connectivity index (χ2v) is 4.97. The minimum Gasteiger partial charge on any atom is -0.394 e. The lowest BCUT2D eigenvalue weighted by Gasteiger charge is -2.30. The van der Waals surface area contributed by atoms with Crippen LogP contribution in [0.3, 0.4) is 0 Å². The van der Waals surface area contributed by atoms with Crippen LogP contribution in [0, 0.1) is 0 Å². The Morgan fingerprint density at radius 2 is 1.80 bits per heavy atom. The van der Waals surface area contributed by atoms with Crippen molar-refractivity contribution in [2.75, 3.05) is 33.3 Å². The van der Waals surface area contributed by atoms with Crippen LogP contribution in [-0.2, 0) is 0 Å². The Morgan fingerprint density at radius 3 is 2.27 bits per heavy atom. The first-order chi connectivity index (χ1) is 7.20. The predicted octanol–water partition coefficient (Wildman–Crippen LogP) is 1.22. The molecule has 1 atom stereocenters. The van der Waals surface area contributed by atoms with Gasteiger partial charge in [0, 0.05) is 5.54 Å². The number of likely N-dealkylation sites (N-methyl/N-ethyl adjacent to an activating group) is 1. The average Bonchev–Trinajstić information content (AvgIpc) is 2.54. The summed E-state index contributed by atoms with van der Waals surface area (Å²) in [6.07, 6.45) is 6.49. The zero-order chi connectivity index (χ0) is 11.1.